The third kappa shape index (κ3) is 17.7. The number of unbranched alkanes of at least 4 members (excludes halogenated alkanes) is 11. The highest BCUT2D eigenvalue weighted by Gasteiger charge is 2.09. The summed E-state index contributed by atoms with van der Waals surface area (Å²) in [6.45, 7) is 6.62. The average molecular weight is 327 g/mol. The van der Waals surface area contributed by atoms with Crippen LogP contribution in [0.4, 0.5) is 0 Å². The maximum absolute atomic E-state index is 10.9. The summed E-state index contributed by atoms with van der Waals surface area (Å²) >= 11 is 0. The second-order valence-electron chi connectivity index (χ2n) is 7.14. The highest BCUT2D eigenvalue weighted by molar-refractivity contribution is 5.65. The zero-order valence-corrected chi connectivity index (χ0v) is 16.2. The standard InChI is InChI=1S/C21H42O2/c1-4-6-7-8-9-10-11-12-13-14-15-16-18-21(17-5-2)19-23-20(3)22/h21H,4-19H2,1-3H3. The Morgan fingerprint density at radius 2 is 1.17 bits per heavy atom. The van der Waals surface area contributed by atoms with Gasteiger partial charge in [0.2, 0.25) is 0 Å². The first kappa shape index (κ1) is 22.5. The van der Waals surface area contributed by atoms with E-state index in [4.69, 9.17) is 4.74 Å². The van der Waals surface area contributed by atoms with Crippen LogP contribution in [0.1, 0.15) is 117 Å². The molecule has 0 radical (unpaired) electrons. The summed E-state index contributed by atoms with van der Waals surface area (Å²) in [5.41, 5.74) is 0. The summed E-state index contributed by atoms with van der Waals surface area (Å²) in [5.74, 6) is 0.438. The molecule has 0 aromatic carbocycles. The molecule has 0 fully saturated rings. The van der Waals surface area contributed by atoms with Gasteiger partial charge in [-0.1, -0.05) is 97.3 Å². The van der Waals surface area contributed by atoms with Gasteiger partial charge in [-0.05, 0) is 18.8 Å². The van der Waals surface area contributed by atoms with E-state index in [0.717, 1.165) is 0 Å². The van der Waals surface area contributed by atoms with Crippen LogP contribution in [-0.2, 0) is 9.53 Å². The van der Waals surface area contributed by atoms with Gasteiger partial charge in [-0.15, -0.1) is 0 Å². The number of esters is 1. The lowest BCUT2D eigenvalue weighted by molar-refractivity contribution is -0.142. The van der Waals surface area contributed by atoms with Crippen LogP contribution in [0.15, 0.2) is 0 Å². The first-order valence-corrected chi connectivity index (χ1v) is 10.3. The van der Waals surface area contributed by atoms with Crippen molar-refractivity contribution in [3.8, 4) is 0 Å². The molecular formula is C21H42O2. The minimum atomic E-state index is -0.138. The number of hydrogen-bond donors (Lipinski definition) is 0. The largest absolute Gasteiger partial charge is 0.466 e. The fraction of sp³-hybridized carbons (Fsp3) is 0.952. The molecule has 0 saturated heterocycles. The third-order valence-electron chi connectivity index (χ3n) is 4.69. The number of ether oxygens (including phenoxy) is 1. The van der Waals surface area contributed by atoms with E-state index in [1.165, 1.54) is 103 Å². The molecule has 0 aromatic heterocycles. The van der Waals surface area contributed by atoms with Gasteiger partial charge >= 0.3 is 5.97 Å². The zero-order valence-electron chi connectivity index (χ0n) is 16.2. The molecule has 0 saturated carbocycles. The van der Waals surface area contributed by atoms with Crippen LogP contribution in [0, 0.1) is 5.92 Å². The van der Waals surface area contributed by atoms with Crippen LogP contribution in [0.2, 0.25) is 0 Å². The Hall–Kier alpha value is -0.530. The summed E-state index contributed by atoms with van der Waals surface area (Å²) in [5, 5.41) is 0. The molecule has 0 heterocycles. The van der Waals surface area contributed by atoms with Crippen molar-refractivity contribution < 1.29 is 9.53 Å². The highest BCUT2D eigenvalue weighted by atomic mass is 16.5. The molecule has 138 valence electrons. The average Bonchev–Trinajstić information content (AvgIpc) is 2.53. The molecule has 2 heteroatoms. The lowest BCUT2D eigenvalue weighted by atomic mass is 9.96. The molecule has 23 heavy (non-hydrogen) atoms. The molecule has 0 spiro atoms. The fourth-order valence-corrected chi connectivity index (χ4v) is 3.23. The van der Waals surface area contributed by atoms with Crippen LogP contribution in [0.25, 0.3) is 0 Å². The SMILES string of the molecule is CCCCCCCCCCCCCCC(CCC)COC(C)=O. The Morgan fingerprint density at radius 1 is 0.696 bits per heavy atom. The normalized spacial score (nSPS) is 12.3. The maximum Gasteiger partial charge on any atom is 0.302 e. The molecule has 1 atom stereocenters. The quantitative estimate of drug-likeness (QED) is 0.211. The first-order valence-electron chi connectivity index (χ1n) is 10.3. The van der Waals surface area contributed by atoms with Gasteiger partial charge in [0.15, 0.2) is 0 Å². The second-order valence-corrected chi connectivity index (χ2v) is 7.14. The van der Waals surface area contributed by atoms with Gasteiger partial charge in [0.05, 0.1) is 6.61 Å². The first-order chi connectivity index (χ1) is 11.2. The van der Waals surface area contributed by atoms with Gasteiger partial charge in [0.1, 0.15) is 0 Å². The van der Waals surface area contributed by atoms with Crippen molar-refractivity contribution in [3.05, 3.63) is 0 Å². The van der Waals surface area contributed by atoms with E-state index in [-0.39, 0.29) is 5.97 Å². The van der Waals surface area contributed by atoms with Gasteiger partial charge in [-0.3, -0.25) is 4.79 Å². The topological polar surface area (TPSA) is 26.3 Å². The van der Waals surface area contributed by atoms with E-state index in [1.807, 2.05) is 0 Å². The highest BCUT2D eigenvalue weighted by Crippen LogP contribution is 2.18. The van der Waals surface area contributed by atoms with Crippen LogP contribution in [-0.4, -0.2) is 12.6 Å². The Kier molecular flexibility index (Phi) is 17.4. The van der Waals surface area contributed by atoms with Crippen molar-refractivity contribution in [2.24, 2.45) is 5.92 Å². The lowest BCUT2D eigenvalue weighted by Crippen LogP contribution is -2.12. The zero-order chi connectivity index (χ0) is 17.2. The molecular weight excluding hydrogens is 284 g/mol. The van der Waals surface area contributed by atoms with Gasteiger partial charge < -0.3 is 4.74 Å². The van der Waals surface area contributed by atoms with Crippen LogP contribution in [0.3, 0.4) is 0 Å². The second kappa shape index (κ2) is 17.8. The van der Waals surface area contributed by atoms with E-state index < -0.39 is 0 Å². The molecule has 0 amide bonds. The Labute approximate surface area is 145 Å². The van der Waals surface area contributed by atoms with Gasteiger partial charge in [0, 0.05) is 6.92 Å². The summed E-state index contributed by atoms with van der Waals surface area (Å²) in [6, 6.07) is 0. The summed E-state index contributed by atoms with van der Waals surface area (Å²) in [4.78, 5) is 10.9. The minimum Gasteiger partial charge on any atom is -0.466 e. The van der Waals surface area contributed by atoms with Crippen molar-refractivity contribution >= 4 is 5.97 Å². The molecule has 0 bridgehead atoms. The van der Waals surface area contributed by atoms with Crippen molar-refractivity contribution in [2.45, 2.75) is 117 Å². The van der Waals surface area contributed by atoms with Crippen molar-refractivity contribution in [1.29, 1.82) is 0 Å². The Bertz CT molecular complexity index is 250. The van der Waals surface area contributed by atoms with E-state index in [9.17, 15) is 4.79 Å². The van der Waals surface area contributed by atoms with Crippen molar-refractivity contribution in [1.82, 2.24) is 0 Å². The molecule has 0 N–H and O–H groups in total. The lowest BCUT2D eigenvalue weighted by Gasteiger charge is -2.15. The van der Waals surface area contributed by atoms with E-state index >= 15 is 0 Å². The van der Waals surface area contributed by atoms with E-state index in [0.29, 0.717) is 12.5 Å². The smallest absolute Gasteiger partial charge is 0.302 e. The summed E-state index contributed by atoms with van der Waals surface area (Å²) < 4.78 is 5.18. The maximum atomic E-state index is 10.9. The van der Waals surface area contributed by atoms with Gasteiger partial charge in [-0.2, -0.15) is 0 Å². The Morgan fingerprint density at radius 3 is 1.61 bits per heavy atom. The summed E-state index contributed by atoms with van der Waals surface area (Å²) in [6.07, 6.45) is 20.4. The fourth-order valence-electron chi connectivity index (χ4n) is 3.23. The van der Waals surface area contributed by atoms with Crippen molar-refractivity contribution in [2.75, 3.05) is 6.61 Å². The van der Waals surface area contributed by atoms with Crippen LogP contribution in [0.5, 0.6) is 0 Å². The number of carbonyl (C=O) groups is 1. The predicted octanol–water partition coefficient (Wildman–Crippen LogP) is 7.06. The number of rotatable bonds is 17. The van der Waals surface area contributed by atoms with E-state index in [1.54, 1.807) is 0 Å². The summed E-state index contributed by atoms with van der Waals surface area (Å²) in [7, 11) is 0. The monoisotopic (exact) mass is 326 g/mol. The molecule has 0 aliphatic carbocycles. The van der Waals surface area contributed by atoms with Crippen LogP contribution >= 0.6 is 0 Å². The van der Waals surface area contributed by atoms with Gasteiger partial charge in [0.25, 0.3) is 0 Å². The molecule has 0 rings (SSSR count). The van der Waals surface area contributed by atoms with Gasteiger partial charge in [-0.25, -0.2) is 0 Å². The minimum absolute atomic E-state index is 0.138. The Balaban J connectivity index is 3.33. The molecule has 2 nitrogen and oxygen atoms in total. The van der Waals surface area contributed by atoms with Crippen LogP contribution < -0.4 is 0 Å². The molecule has 0 aliphatic heterocycles. The van der Waals surface area contributed by atoms with E-state index in [2.05, 4.69) is 13.8 Å². The number of carbonyl (C=O) groups excluding carboxylic acids is 1. The van der Waals surface area contributed by atoms with Crippen molar-refractivity contribution in [3.63, 3.8) is 0 Å². The molecule has 0 aliphatic rings. The molecule has 1 unspecified atom stereocenters. The number of hydrogen-bond acceptors (Lipinski definition) is 2. The predicted molar refractivity (Wildman–Crippen MR) is 101 cm³/mol. The molecule has 0 aromatic rings. The third-order valence-corrected chi connectivity index (χ3v) is 4.69.